The molecule has 0 aliphatic rings. The number of unbranched alkanes of at least 4 members (excludes halogenated alkanes) is 47. The number of hydrogen-bond donors (Lipinski definition) is 3. The Morgan fingerprint density at radius 2 is 0.545 bits per heavy atom. The summed E-state index contributed by atoms with van der Waals surface area (Å²) < 4.78 is 68.7. The Kier molecular flexibility index (Phi) is 70.7. The molecule has 0 radical (unpaired) electrons. The third-order valence-corrected chi connectivity index (χ3v) is 20.1. The van der Waals surface area contributed by atoms with E-state index in [2.05, 4.69) is 58.9 Å². The summed E-state index contributed by atoms with van der Waals surface area (Å²) in [6, 6.07) is 0. The van der Waals surface area contributed by atoms with Gasteiger partial charge >= 0.3 is 39.5 Å². The highest BCUT2D eigenvalue weighted by atomic mass is 31.2. The molecule has 0 aromatic rings. The van der Waals surface area contributed by atoms with Gasteiger partial charge in [0.15, 0.2) is 12.2 Å². The van der Waals surface area contributed by atoms with E-state index < -0.39 is 97.5 Å². The number of allylic oxidation sites excluding steroid dienone is 4. The maximum absolute atomic E-state index is 13.1. The smallest absolute Gasteiger partial charge is 0.462 e. The van der Waals surface area contributed by atoms with Gasteiger partial charge in [0.1, 0.15) is 19.3 Å². The van der Waals surface area contributed by atoms with Gasteiger partial charge in [0.05, 0.1) is 26.4 Å². The second-order valence-electron chi connectivity index (χ2n) is 28.6. The van der Waals surface area contributed by atoms with Crippen molar-refractivity contribution in [1.29, 1.82) is 0 Å². The third kappa shape index (κ3) is 73.6. The van der Waals surface area contributed by atoms with Gasteiger partial charge in [0.2, 0.25) is 0 Å². The summed E-state index contributed by atoms with van der Waals surface area (Å²) in [5.41, 5.74) is 0. The summed E-state index contributed by atoms with van der Waals surface area (Å²) in [6.07, 6.45) is 65.9. The van der Waals surface area contributed by atoms with Crippen LogP contribution in [0.25, 0.3) is 0 Å². The molecule has 5 atom stereocenters. The lowest BCUT2D eigenvalue weighted by Crippen LogP contribution is -2.30. The zero-order valence-corrected chi connectivity index (χ0v) is 65.9. The molecule has 0 aromatic heterocycles. The highest BCUT2D eigenvalue weighted by molar-refractivity contribution is 7.47. The second kappa shape index (κ2) is 72.5. The van der Waals surface area contributed by atoms with Crippen molar-refractivity contribution in [1.82, 2.24) is 0 Å². The fraction of sp³-hybridized carbons (Fsp3) is 0.900. The van der Waals surface area contributed by atoms with Crippen LogP contribution in [0.15, 0.2) is 24.3 Å². The third-order valence-electron chi connectivity index (χ3n) is 18.2. The van der Waals surface area contributed by atoms with Crippen molar-refractivity contribution in [2.45, 2.75) is 419 Å². The average molecular weight is 1450 g/mol. The summed E-state index contributed by atoms with van der Waals surface area (Å²) in [6.45, 7) is 7.26. The number of aliphatic hydroxyl groups excluding tert-OH is 1. The Morgan fingerprint density at radius 1 is 0.313 bits per heavy atom. The van der Waals surface area contributed by atoms with Gasteiger partial charge in [0, 0.05) is 25.7 Å². The predicted molar refractivity (Wildman–Crippen MR) is 404 cm³/mol. The molecule has 0 amide bonds. The molecule has 3 N–H and O–H groups in total. The molecule has 0 rings (SSSR count). The monoisotopic (exact) mass is 1450 g/mol. The molecule has 0 saturated heterocycles. The first-order valence-corrected chi connectivity index (χ1v) is 43.9. The van der Waals surface area contributed by atoms with Gasteiger partial charge in [-0.05, 0) is 57.3 Å². The summed E-state index contributed by atoms with van der Waals surface area (Å²) >= 11 is 0. The molecule has 0 aliphatic heterocycles. The van der Waals surface area contributed by atoms with E-state index >= 15 is 0 Å². The molecule has 0 heterocycles. The van der Waals surface area contributed by atoms with Gasteiger partial charge in [-0.15, -0.1) is 0 Å². The number of aliphatic hydroxyl groups is 1. The second-order valence-corrected chi connectivity index (χ2v) is 31.5. The fourth-order valence-electron chi connectivity index (χ4n) is 11.9. The number of rotatable bonds is 78. The van der Waals surface area contributed by atoms with Gasteiger partial charge in [0.25, 0.3) is 0 Å². The van der Waals surface area contributed by atoms with E-state index in [1.54, 1.807) is 0 Å². The highest BCUT2D eigenvalue weighted by Crippen LogP contribution is 2.45. The average Bonchev–Trinajstić information content (AvgIpc) is 1.83. The number of phosphoric acid groups is 2. The minimum atomic E-state index is -4.97. The quantitative estimate of drug-likeness (QED) is 0.0169. The first-order valence-electron chi connectivity index (χ1n) is 41.0. The summed E-state index contributed by atoms with van der Waals surface area (Å²) in [4.78, 5) is 73.0. The van der Waals surface area contributed by atoms with Gasteiger partial charge in [-0.2, -0.15) is 0 Å². The number of esters is 4. The van der Waals surface area contributed by atoms with Crippen LogP contribution in [-0.4, -0.2) is 96.7 Å². The Labute approximate surface area is 605 Å². The molecular weight excluding hydrogens is 1290 g/mol. The van der Waals surface area contributed by atoms with Crippen LogP contribution < -0.4 is 0 Å². The first kappa shape index (κ1) is 96.5. The zero-order chi connectivity index (χ0) is 72.7. The molecule has 0 spiro atoms. The Bertz CT molecular complexity index is 1990. The van der Waals surface area contributed by atoms with E-state index in [0.29, 0.717) is 25.7 Å². The van der Waals surface area contributed by atoms with E-state index in [1.165, 1.54) is 205 Å². The van der Waals surface area contributed by atoms with Crippen molar-refractivity contribution < 1.29 is 80.2 Å². The molecule has 99 heavy (non-hydrogen) atoms. The number of ether oxygens (including phenoxy) is 4. The van der Waals surface area contributed by atoms with Crippen molar-refractivity contribution in [3.05, 3.63) is 24.3 Å². The number of carbonyl (C=O) groups is 4. The Hall–Kier alpha value is -2.46. The SMILES string of the molecule is CCCCCC/C=C\C=C/CCCCCCCC(=O)OC[C@H](COP(=O)(O)OC[C@@H](O)COP(=O)(O)OC[C@@H](COC(=O)CCCCCCCCCCCCC(C)C)OC(=O)CCCCCCCCCCCCCCCC)OC(=O)CCCCCCCCCCCCCCCCCCC. The molecule has 584 valence electrons. The molecule has 0 aromatic carbocycles. The van der Waals surface area contributed by atoms with E-state index in [0.717, 1.165) is 115 Å². The van der Waals surface area contributed by atoms with E-state index in [1.807, 2.05) is 0 Å². The van der Waals surface area contributed by atoms with Crippen LogP contribution in [0.1, 0.15) is 401 Å². The summed E-state index contributed by atoms with van der Waals surface area (Å²) in [5, 5.41) is 10.6. The minimum Gasteiger partial charge on any atom is -0.462 e. The Balaban J connectivity index is 5.30. The molecule has 19 heteroatoms. The van der Waals surface area contributed by atoms with Crippen LogP contribution in [0, 0.1) is 5.92 Å². The molecule has 17 nitrogen and oxygen atoms in total. The lowest BCUT2D eigenvalue weighted by Gasteiger charge is -2.21. The lowest BCUT2D eigenvalue weighted by molar-refractivity contribution is -0.161. The number of phosphoric ester groups is 2. The van der Waals surface area contributed by atoms with E-state index in [4.69, 9.17) is 37.0 Å². The molecule has 0 saturated carbocycles. The van der Waals surface area contributed by atoms with Crippen molar-refractivity contribution in [2.24, 2.45) is 5.92 Å². The number of carbonyl (C=O) groups excluding carboxylic acids is 4. The van der Waals surface area contributed by atoms with Crippen LogP contribution in [0.2, 0.25) is 0 Å². The van der Waals surface area contributed by atoms with Crippen molar-refractivity contribution in [3.8, 4) is 0 Å². The van der Waals surface area contributed by atoms with Crippen molar-refractivity contribution in [2.75, 3.05) is 39.6 Å². The molecule has 0 aliphatic carbocycles. The summed E-state index contributed by atoms with van der Waals surface area (Å²) in [7, 11) is -9.93. The standard InChI is InChI=1S/C80H152O17P2/c1-6-9-12-15-18-21-24-27-30-31-33-36-39-46-51-56-61-66-80(85)96-75(69-90-77(82)63-58-53-48-43-37-35-32-28-25-22-19-16-13-10-7-2)71-94-98(86,87)92-67-74(81)68-93-99(88,89)95-72-76(70-91-78(83)64-59-54-49-44-41-40-42-47-52-57-62-73(4)5)97-79(84)65-60-55-50-45-38-34-29-26-23-20-17-14-11-8-3/h22,25,28,32,73-76,81H,6-21,23-24,26-27,29-31,33-72H2,1-5H3,(H,86,87)(H,88,89)/b25-22-,32-28-/t74-,75-,76-/m1/s1. The van der Waals surface area contributed by atoms with Gasteiger partial charge in [-0.1, -0.05) is 348 Å². The van der Waals surface area contributed by atoms with E-state index in [-0.39, 0.29) is 25.7 Å². The molecule has 0 bridgehead atoms. The number of hydrogen-bond acceptors (Lipinski definition) is 15. The van der Waals surface area contributed by atoms with Crippen molar-refractivity contribution >= 4 is 39.5 Å². The highest BCUT2D eigenvalue weighted by Gasteiger charge is 2.30. The van der Waals surface area contributed by atoms with Crippen LogP contribution in [0.3, 0.4) is 0 Å². The van der Waals surface area contributed by atoms with Gasteiger partial charge < -0.3 is 33.8 Å². The normalized spacial score (nSPS) is 14.0. The first-order chi connectivity index (χ1) is 48.0. The maximum atomic E-state index is 13.1. The topological polar surface area (TPSA) is 237 Å². The van der Waals surface area contributed by atoms with E-state index in [9.17, 15) is 43.2 Å². The zero-order valence-electron chi connectivity index (χ0n) is 64.1. The van der Waals surface area contributed by atoms with Gasteiger partial charge in [-0.3, -0.25) is 37.3 Å². The summed E-state index contributed by atoms with van der Waals surface area (Å²) in [5.74, 6) is -1.38. The molecule has 0 fully saturated rings. The van der Waals surface area contributed by atoms with Crippen LogP contribution >= 0.6 is 15.6 Å². The largest absolute Gasteiger partial charge is 0.472 e. The fourth-order valence-corrected chi connectivity index (χ4v) is 13.4. The maximum Gasteiger partial charge on any atom is 0.472 e. The molecular formula is C80H152O17P2. The van der Waals surface area contributed by atoms with Crippen molar-refractivity contribution in [3.63, 3.8) is 0 Å². The lowest BCUT2D eigenvalue weighted by atomic mass is 10.0. The Morgan fingerprint density at radius 3 is 0.828 bits per heavy atom. The van der Waals surface area contributed by atoms with Crippen LogP contribution in [-0.2, 0) is 65.4 Å². The van der Waals surface area contributed by atoms with Crippen LogP contribution in [0.5, 0.6) is 0 Å². The predicted octanol–water partition coefficient (Wildman–Crippen LogP) is 23.6. The van der Waals surface area contributed by atoms with Crippen LogP contribution in [0.4, 0.5) is 0 Å². The minimum absolute atomic E-state index is 0.102. The van der Waals surface area contributed by atoms with Gasteiger partial charge in [-0.25, -0.2) is 9.13 Å². The molecule has 2 unspecified atom stereocenters.